The molecule has 5 rings (SSSR count). The predicted molar refractivity (Wildman–Crippen MR) is 120 cm³/mol. The lowest BCUT2D eigenvalue weighted by Crippen LogP contribution is -2.14. The molecule has 150 valence electrons. The Bertz CT molecular complexity index is 1380. The third kappa shape index (κ3) is 2.81. The van der Waals surface area contributed by atoms with Crippen LogP contribution in [0.2, 0.25) is 0 Å². The predicted octanol–water partition coefficient (Wildman–Crippen LogP) is 6.14. The van der Waals surface area contributed by atoms with Crippen LogP contribution in [0.4, 0.5) is 0 Å². The largest absolute Gasteiger partial charge is 0.361 e. The summed E-state index contributed by atoms with van der Waals surface area (Å²) in [5.41, 5.74) is 8.31. The van der Waals surface area contributed by atoms with Crippen molar-refractivity contribution >= 4 is 21.9 Å². The van der Waals surface area contributed by atoms with Gasteiger partial charge in [-0.05, 0) is 48.6 Å². The molecule has 30 heavy (non-hydrogen) atoms. The van der Waals surface area contributed by atoms with E-state index in [1.165, 1.54) is 5.56 Å². The Morgan fingerprint density at radius 3 is 2.47 bits per heavy atom. The van der Waals surface area contributed by atoms with Crippen molar-refractivity contribution in [3.8, 4) is 16.8 Å². The van der Waals surface area contributed by atoms with E-state index in [1.807, 2.05) is 26.4 Å². The Morgan fingerprint density at radius 2 is 1.73 bits per heavy atom. The molecule has 0 atom stereocenters. The first-order chi connectivity index (χ1) is 14.3. The van der Waals surface area contributed by atoms with Crippen molar-refractivity contribution in [1.82, 2.24) is 19.7 Å². The maximum Gasteiger partial charge on any atom is 0.141 e. The highest BCUT2D eigenvalue weighted by Gasteiger charge is 2.20. The molecule has 0 saturated carbocycles. The van der Waals surface area contributed by atoms with Crippen LogP contribution in [0.25, 0.3) is 38.8 Å². The molecule has 0 fully saturated rings. The van der Waals surface area contributed by atoms with Crippen molar-refractivity contribution in [2.45, 2.75) is 40.0 Å². The number of nitrogens with zero attached hydrogens (tertiary/aromatic N) is 4. The molecule has 0 bridgehead atoms. The van der Waals surface area contributed by atoms with Crippen molar-refractivity contribution < 1.29 is 4.52 Å². The van der Waals surface area contributed by atoms with E-state index >= 15 is 0 Å². The molecule has 0 N–H and O–H groups in total. The van der Waals surface area contributed by atoms with Gasteiger partial charge in [-0.2, -0.15) is 0 Å². The van der Waals surface area contributed by atoms with Crippen LogP contribution in [-0.2, 0) is 5.41 Å². The molecule has 2 aromatic carbocycles. The molecule has 0 spiro atoms. The first kappa shape index (κ1) is 18.6. The minimum absolute atomic E-state index is 0.0204. The fourth-order valence-electron chi connectivity index (χ4n) is 4.25. The van der Waals surface area contributed by atoms with Gasteiger partial charge in [-0.3, -0.25) is 9.55 Å². The van der Waals surface area contributed by atoms with Gasteiger partial charge in [0.1, 0.15) is 17.6 Å². The van der Waals surface area contributed by atoms with E-state index in [0.29, 0.717) is 0 Å². The average Bonchev–Trinajstić information content (AvgIpc) is 3.30. The summed E-state index contributed by atoms with van der Waals surface area (Å²) in [7, 11) is 0. The second-order valence-electron chi connectivity index (χ2n) is 8.80. The molecule has 0 saturated heterocycles. The number of fused-ring (bicyclic) bond motifs is 3. The SMILES string of the molecule is Cc1noc(C)c1-c1ccc2c(c1)ncc1ncn(-c3ccccc3C(C)(C)C)c12. The minimum Gasteiger partial charge on any atom is -0.361 e. The van der Waals surface area contributed by atoms with Gasteiger partial charge in [0.2, 0.25) is 0 Å². The monoisotopic (exact) mass is 396 g/mol. The van der Waals surface area contributed by atoms with Crippen LogP contribution in [0.1, 0.15) is 37.8 Å². The van der Waals surface area contributed by atoms with Gasteiger partial charge < -0.3 is 4.52 Å². The van der Waals surface area contributed by atoms with Crippen molar-refractivity contribution in [2.75, 3.05) is 0 Å². The minimum atomic E-state index is 0.0204. The van der Waals surface area contributed by atoms with E-state index in [0.717, 1.165) is 50.2 Å². The molecular formula is C25H24N4O. The number of benzene rings is 2. The van der Waals surface area contributed by atoms with Gasteiger partial charge in [0.05, 0.1) is 28.6 Å². The van der Waals surface area contributed by atoms with Gasteiger partial charge in [-0.25, -0.2) is 4.98 Å². The summed E-state index contributed by atoms with van der Waals surface area (Å²) in [5.74, 6) is 0.817. The van der Waals surface area contributed by atoms with E-state index in [4.69, 9.17) is 9.51 Å². The van der Waals surface area contributed by atoms with Crippen LogP contribution in [0, 0.1) is 13.8 Å². The lowest BCUT2D eigenvalue weighted by molar-refractivity contribution is 0.393. The number of aryl methyl sites for hydroxylation is 2. The van der Waals surface area contributed by atoms with Crippen LogP contribution in [-0.4, -0.2) is 19.7 Å². The highest BCUT2D eigenvalue weighted by Crippen LogP contribution is 2.34. The number of pyridine rings is 1. The molecule has 5 heteroatoms. The van der Waals surface area contributed by atoms with E-state index in [1.54, 1.807) is 0 Å². The van der Waals surface area contributed by atoms with Gasteiger partial charge in [-0.15, -0.1) is 0 Å². The lowest BCUT2D eigenvalue weighted by atomic mass is 9.85. The molecule has 0 amide bonds. The highest BCUT2D eigenvalue weighted by molar-refractivity contribution is 6.04. The molecule has 3 heterocycles. The third-order valence-electron chi connectivity index (χ3n) is 5.67. The fraction of sp³-hybridized carbons (Fsp3) is 0.240. The number of para-hydroxylation sites is 1. The van der Waals surface area contributed by atoms with E-state index in [2.05, 4.69) is 77.9 Å². The average molecular weight is 396 g/mol. The first-order valence-corrected chi connectivity index (χ1v) is 10.1. The quantitative estimate of drug-likeness (QED) is 0.359. The Kier molecular flexibility index (Phi) is 4.03. The zero-order valence-electron chi connectivity index (χ0n) is 17.9. The number of rotatable bonds is 2. The summed E-state index contributed by atoms with van der Waals surface area (Å²) in [5, 5.41) is 5.16. The van der Waals surface area contributed by atoms with Crippen LogP contribution >= 0.6 is 0 Å². The molecule has 0 radical (unpaired) electrons. The van der Waals surface area contributed by atoms with Crippen molar-refractivity contribution in [2.24, 2.45) is 0 Å². The Labute approximate surface area is 175 Å². The maximum atomic E-state index is 5.36. The van der Waals surface area contributed by atoms with Gasteiger partial charge >= 0.3 is 0 Å². The van der Waals surface area contributed by atoms with Crippen LogP contribution in [0.3, 0.4) is 0 Å². The summed E-state index contributed by atoms with van der Waals surface area (Å²) in [6.45, 7) is 10.6. The molecule has 0 unspecified atom stereocenters. The number of hydrogen-bond donors (Lipinski definition) is 0. The highest BCUT2D eigenvalue weighted by atomic mass is 16.5. The van der Waals surface area contributed by atoms with Crippen molar-refractivity contribution in [1.29, 1.82) is 0 Å². The number of aromatic nitrogens is 4. The van der Waals surface area contributed by atoms with Gasteiger partial charge in [0.15, 0.2) is 0 Å². The van der Waals surface area contributed by atoms with Crippen LogP contribution < -0.4 is 0 Å². The molecule has 0 aliphatic carbocycles. The molecule has 0 aliphatic heterocycles. The normalized spacial score (nSPS) is 12.2. The Morgan fingerprint density at radius 1 is 0.933 bits per heavy atom. The first-order valence-electron chi connectivity index (χ1n) is 10.1. The number of imidazole rings is 1. The van der Waals surface area contributed by atoms with Crippen molar-refractivity contribution in [3.63, 3.8) is 0 Å². The van der Waals surface area contributed by atoms with E-state index in [-0.39, 0.29) is 5.41 Å². The van der Waals surface area contributed by atoms with Crippen LogP contribution in [0.5, 0.6) is 0 Å². The lowest BCUT2D eigenvalue weighted by Gasteiger charge is -2.23. The summed E-state index contributed by atoms with van der Waals surface area (Å²) < 4.78 is 7.55. The van der Waals surface area contributed by atoms with Crippen molar-refractivity contribution in [3.05, 3.63) is 72.0 Å². The smallest absolute Gasteiger partial charge is 0.141 e. The summed E-state index contributed by atoms with van der Waals surface area (Å²) in [6, 6.07) is 14.9. The van der Waals surface area contributed by atoms with Gasteiger partial charge in [0, 0.05) is 10.9 Å². The molecule has 5 aromatic rings. The molecule has 5 nitrogen and oxygen atoms in total. The summed E-state index contributed by atoms with van der Waals surface area (Å²) in [6.07, 6.45) is 3.75. The summed E-state index contributed by atoms with van der Waals surface area (Å²) in [4.78, 5) is 9.33. The van der Waals surface area contributed by atoms with E-state index < -0.39 is 0 Å². The molecule has 0 aliphatic rings. The summed E-state index contributed by atoms with van der Waals surface area (Å²) >= 11 is 0. The zero-order valence-corrected chi connectivity index (χ0v) is 17.9. The van der Waals surface area contributed by atoms with E-state index in [9.17, 15) is 0 Å². The Hall–Kier alpha value is -3.47. The van der Waals surface area contributed by atoms with Crippen LogP contribution in [0.15, 0.2) is 59.5 Å². The molecule has 3 aromatic heterocycles. The van der Waals surface area contributed by atoms with Gasteiger partial charge in [-0.1, -0.05) is 50.2 Å². The Balaban J connectivity index is 1.77. The standard InChI is InChI=1S/C25H24N4O/c1-15-23(16(2)30-28-15)17-10-11-18-20(12-17)26-13-21-24(18)29(14-27-21)22-9-7-6-8-19(22)25(3,4)5/h6-14H,1-5H3. The second-order valence-corrected chi connectivity index (χ2v) is 8.80. The number of hydrogen-bond acceptors (Lipinski definition) is 4. The second kappa shape index (κ2) is 6.52. The molecular weight excluding hydrogens is 372 g/mol. The maximum absolute atomic E-state index is 5.36. The fourth-order valence-corrected chi connectivity index (χ4v) is 4.25. The third-order valence-corrected chi connectivity index (χ3v) is 5.67. The zero-order chi connectivity index (χ0) is 21.0. The van der Waals surface area contributed by atoms with Gasteiger partial charge in [0.25, 0.3) is 0 Å². The topological polar surface area (TPSA) is 56.7 Å².